The highest BCUT2D eigenvalue weighted by Crippen LogP contribution is 2.20. The first-order valence-electron chi connectivity index (χ1n) is 24.1. The fraction of sp³-hybridized carbons (Fsp3) is 0.760. The van der Waals surface area contributed by atoms with Crippen LogP contribution < -0.4 is 0 Å². The van der Waals surface area contributed by atoms with E-state index in [1.807, 2.05) is 0 Å². The zero-order valence-corrected chi connectivity index (χ0v) is 38.1. The summed E-state index contributed by atoms with van der Waals surface area (Å²) < 4.78 is 44.0. The topological polar surface area (TPSA) is 107 Å². The Bertz CT molecular complexity index is 1300. The lowest BCUT2D eigenvalue weighted by Gasteiger charge is -2.11. The van der Waals surface area contributed by atoms with E-state index in [9.17, 15) is 22.6 Å². The van der Waals surface area contributed by atoms with Gasteiger partial charge in [-0.05, 0) is 69.6 Å². The van der Waals surface area contributed by atoms with E-state index < -0.39 is 27.0 Å². The van der Waals surface area contributed by atoms with Crippen LogP contribution in [0.1, 0.15) is 253 Å². The normalized spacial score (nSPS) is 11.9. The second-order valence-corrected chi connectivity index (χ2v) is 17.8. The summed E-state index contributed by atoms with van der Waals surface area (Å²) in [6.45, 7) is 4.77. The monoisotopic (exact) mass is 831 g/mol. The third-order valence-corrected chi connectivity index (χ3v) is 11.9. The highest BCUT2D eigenvalue weighted by molar-refractivity contribution is 7.85. The van der Waals surface area contributed by atoms with Crippen molar-refractivity contribution in [3.8, 4) is 0 Å². The summed E-state index contributed by atoms with van der Waals surface area (Å²) in [7, 11) is -4.57. The molecule has 0 spiro atoms. The van der Waals surface area contributed by atoms with Gasteiger partial charge in [0.25, 0.3) is 10.1 Å². The number of benzene rings is 1. The minimum absolute atomic E-state index is 0.0566. The van der Waals surface area contributed by atoms with E-state index in [0.29, 0.717) is 6.42 Å². The largest absolute Gasteiger partial charge is 0.462 e. The molecule has 1 aromatic rings. The molecule has 1 N–H and O–H groups in total. The second kappa shape index (κ2) is 38.7. The maximum atomic E-state index is 13.0. The molecule has 334 valence electrons. The summed E-state index contributed by atoms with van der Waals surface area (Å²) in [6, 6.07) is 3.32. The van der Waals surface area contributed by atoms with Crippen molar-refractivity contribution in [3.63, 3.8) is 0 Å². The van der Waals surface area contributed by atoms with Crippen molar-refractivity contribution in [1.29, 1.82) is 0 Å². The van der Waals surface area contributed by atoms with Gasteiger partial charge in [0.05, 0.1) is 29.2 Å². The van der Waals surface area contributed by atoms with Crippen LogP contribution in [0.15, 0.2) is 47.4 Å². The SMILES string of the molecule is CC/C=C/CCCCCCCCCCCCCCCCCOC(=O)c1ccc(S(=O)(=O)O)cc1C(=O)OCCCCCCCCCCCCCCCCC/C=C/CC. The summed E-state index contributed by atoms with van der Waals surface area (Å²) in [6.07, 6.45) is 51.0. The first-order valence-corrected chi connectivity index (χ1v) is 25.5. The lowest BCUT2D eigenvalue weighted by molar-refractivity contribution is 0.0450. The molecule has 0 aromatic heterocycles. The molecule has 1 rings (SSSR count). The van der Waals surface area contributed by atoms with Gasteiger partial charge in [-0.15, -0.1) is 0 Å². The molecule has 0 saturated carbocycles. The molecule has 7 nitrogen and oxygen atoms in total. The van der Waals surface area contributed by atoms with Crippen molar-refractivity contribution in [3.05, 3.63) is 53.6 Å². The minimum atomic E-state index is -4.57. The van der Waals surface area contributed by atoms with E-state index in [0.717, 1.165) is 63.5 Å². The van der Waals surface area contributed by atoms with Crippen LogP contribution in [-0.4, -0.2) is 38.1 Å². The highest BCUT2D eigenvalue weighted by Gasteiger charge is 2.23. The summed E-state index contributed by atoms with van der Waals surface area (Å²) in [4.78, 5) is 25.5. The second-order valence-electron chi connectivity index (χ2n) is 16.4. The van der Waals surface area contributed by atoms with Gasteiger partial charge < -0.3 is 9.47 Å². The number of ether oxygens (including phenoxy) is 2. The number of hydrogen-bond acceptors (Lipinski definition) is 6. The van der Waals surface area contributed by atoms with Crippen molar-refractivity contribution in [2.24, 2.45) is 0 Å². The van der Waals surface area contributed by atoms with E-state index in [1.165, 1.54) is 167 Å². The van der Waals surface area contributed by atoms with Crippen molar-refractivity contribution < 1.29 is 32.0 Å². The van der Waals surface area contributed by atoms with Crippen molar-refractivity contribution >= 4 is 22.1 Å². The smallest absolute Gasteiger partial charge is 0.339 e. The van der Waals surface area contributed by atoms with Gasteiger partial charge in [0.2, 0.25) is 0 Å². The predicted octanol–water partition coefficient (Wildman–Crippen LogP) is 15.7. The first kappa shape index (κ1) is 53.6. The average Bonchev–Trinajstić information content (AvgIpc) is 3.21. The van der Waals surface area contributed by atoms with Crippen molar-refractivity contribution in [2.75, 3.05) is 13.2 Å². The van der Waals surface area contributed by atoms with Crippen LogP contribution in [-0.2, 0) is 19.6 Å². The van der Waals surface area contributed by atoms with Crippen LogP contribution >= 0.6 is 0 Å². The Labute approximate surface area is 356 Å². The van der Waals surface area contributed by atoms with Crippen LogP contribution in [0.5, 0.6) is 0 Å². The van der Waals surface area contributed by atoms with E-state index >= 15 is 0 Å². The number of carbonyl (C=O) groups excluding carboxylic acids is 2. The van der Waals surface area contributed by atoms with E-state index in [-0.39, 0.29) is 24.3 Å². The zero-order chi connectivity index (χ0) is 42.2. The summed E-state index contributed by atoms with van der Waals surface area (Å²) >= 11 is 0. The van der Waals surface area contributed by atoms with Crippen LogP contribution in [0.4, 0.5) is 0 Å². The van der Waals surface area contributed by atoms with Gasteiger partial charge in [-0.1, -0.05) is 205 Å². The Kier molecular flexibility index (Phi) is 35.8. The summed E-state index contributed by atoms with van der Waals surface area (Å²) in [5.41, 5.74) is -0.263. The lowest BCUT2D eigenvalue weighted by atomic mass is 10.0. The molecule has 0 unspecified atom stereocenters. The Hall–Kier alpha value is -2.45. The third kappa shape index (κ3) is 31.5. The van der Waals surface area contributed by atoms with E-state index in [2.05, 4.69) is 38.2 Å². The molecular formula is C50H86O7S. The molecule has 0 atom stereocenters. The first-order chi connectivity index (χ1) is 28.3. The molecule has 0 heterocycles. The maximum Gasteiger partial charge on any atom is 0.339 e. The predicted molar refractivity (Wildman–Crippen MR) is 243 cm³/mol. The third-order valence-electron chi connectivity index (χ3n) is 11.0. The van der Waals surface area contributed by atoms with E-state index in [1.54, 1.807) is 0 Å². The Balaban J connectivity index is 2.15. The summed E-state index contributed by atoms with van der Waals surface area (Å²) in [5, 5.41) is 0. The standard InChI is InChI=1S/C50H86O7S/c1-3-5-7-9-11-13-15-17-19-21-23-25-27-29-31-33-35-37-39-43-56-49(51)47-42-41-46(58(53,54)55)45-48(47)50(52)57-44-40-38-36-34-32-30-28-26-24-22-20-18-16-14-12-10-8-6-4-2/h5-8,41-42,45H,3-4,9-40,43-44H2,1-2H3,(H,53,54,55)/b7-5+,8-6+. The number of unbranched alkanes of at least 4 members (excludes halogenated alkanes) is 30. The maximum absolute atomic E-state index is 13.0. The van der Waals surface area contributed by atoms with Crippen molar-refractivity contribution in [1.82, 2.24) is 0 Å². The molecule has 0 aliphatic carbocycles. The lowest BCUT2D eigenvalue weighted by Crippen LogP contribution is -2.16. The molecule has 1 aromatic carbocycles. The Morgan fingerprint density at radius 1 is 0.448 bits per heavy atom. The molecule has 0 aliphatic heterocycles. The van der Waals surface area contributed by atoms with Gasteiger partial charge in [0.1, 0.15) is 0 Å². The molecule has 58 heavy (non-hydrogen) atoms. The minimum Gasteiger partial charge on any atom is -0.462 e. The molecular weight excluding hydrogens is 745 g/mol. The molecule has 0 saturated heterocycles. The van der Waals surface area contributed by atoms with Gasteiger partial charge in [-0.3, -0.25) is 4.55 Å². The number of carbonyl (C=O) groups is 2. The van der Waals surface area contributed by atoms with Gasteiger partial charge in [0.15, 0.2) is 0 Å². The number of allylic oxidation sites excluding steroid dienone is 4. The van der Waals surface area contributed by atoms with Gasteiger partial charge in [-0.2, -0.15) is 8.42 Å². The quantitative estimate of drug-likeness (QED) is 0.0303. The van der Waals surface area contributed by atoms with Gasteiger partial charge in [-0.25, -0.2) is 9.59 Å². The Morgan fingerprint density at radius 2 is 0.741 bits per heavy atom. The Morgan fingerprint density at radius 3 is 1.05 bits per heavy atom. The zero-order valence-electron chi connectivity index (χ0n) is 37.3. The summed E-state index contributed by atoms with van der Waals surface area (Å²) in [5.74, 6) is -1.49. The molecule has 0 aliphatic rings. The number of rotatable bonds is 41. The molecule has 8 heteroatoms. The molecule has 0 fully saturated rings. The van der Waals surface area contributed by atoms with Gasteiger partial charge >= 0.3 is 11.9 Å². The van der Waals surface area contributed by atoms with Gasteiger partial charge in [0, 0.05) is 0 Å². The molecule has 0 radical (unpaired) electrons. The number of esters is 2. The average molecular weight is 831 g/mol. The van der Waals surface area contributed by atoms with E-state index in [4.69, 9.17) is 9.47 Å². The molecule has 0 amide bonds. The van der Waals surface area contributed by atoms with Crippen LogP contribution in [0.2, 0.25) is 0 Å². The fourth-order valence-electron chi connectivity index (χ4n) is 7.41. The number of hydrogen-bond donors (Lipinski definition) is 1. The van der Waals surface area contributed by atoms with Crippen LogP contribution in [0.3, 0.4) is 0 Å². The highest BCUT2D eigenvalue weighted by atomic mass is 32.2. The van der Waals surface area contributed by atoms with Crippen LogP contribution in [0.25, 0.3) is 0 Å². The molecule has 0 bridgehead atoms. The fourth-order valence-corrected chi connectivity index (χ4v) is 7.92. The van der Waals surface area contributed by atoms with Crippen LogP contribution in [0, 0.1) is 0 Å². The van der Waals surface area contributed by atoms with Crippen molar-refractivity contribution in [2.45, 2.75) is 237 Å².